The van der Waals surface area contributed by atoms with E-state index < -0.39 is 6.23 Å². The van der Waals surface area contributed by atoms with Crippen molar-refractivity contribution in [1.82, 2.24) is 4.90 Å². The second-order valence-corrected chi connectivity index (χ2v) is 4.93. The Kier molecular flexibility index (Phi) is 3.61. The van der Waals surface area contributed by atoms with Gasteiger partial charge in [-0.25, -0.2) is 0 Å². The number of aliphatic hydroxyl groups is 1. The van der Waals surface area contributed by atoms with E-state index >= 15 is 0 Å². The van der Waals surface area contributed by atoms with Gasteiger partial charge in [-0.15, -0.1) is 0 Å². The first-order valence-electron chi connectivity index (χ1n) is 5.39. The molecule has 0 aliphatic carbocycles. The quantitative estimate of drug-likeness (QED) is 0.901. The molecule has 1 aliphatic heterocycles. The van der Waals surface area contributed by atoms with Crippen molar-refractivity contribution in [1.29, 1.82) is 0 Å². The van der Waals surface area contributed by atoms with E-state index in [-0.39, 0.29) is 5.91 Å². The number of rotatable bonds is 2. The van der Waals surface area contributed by atoms with E-state index in [0.29, 0.717) is 19.4 Å². The fraction of sp³-hybridized carbons (Fsp3) is 0.417. The number of carbonyl (C=O) groups excluding carboxylic acids is 1. The van der Waals surface area contributed by atoms with Crippen LogP contribution in [0.2, 0.25) is 0 Å². The summed E-state index contributed by atoms with van der Waals surface area (Å²) in [6, 6.07) is 7.68. The highest BCUT2D eigenvalue weighted by Gasteiger charge is 2.26. The molecule has 2 rings (SSSR count). The summed E-state index contributed by atoms with van der Waals surface area (Å²) >= 11 is 3.35. The minimum Gasteiger partial charge on any atom is -0.374 e. The van der Waals surface area contributed by atoms with Gasteiger partial charge in [-0.1, -0.05) is 28.1 Å². The van der Waals surface area contributed by atoms with Crippen molar-refractivity contribution in [2.45, 2.75) is 25.5 Å². The van der Waals surface area contributed by atoms with Crippen molar-refractivity contribution in [2.24, 2.45) is 0 Å². The van der Waals surface area contributed by atoms with Gasteiger partial charge in [0, 0.05) is 11.0 Å². The van der Waals surface area contributed by atoms with E-state index in [4.69, 9.17) is 0 Å². The average Bonchev–Trinajstić information content (AvgIpc) is 2.68. The predicted molar refractivity (Wildman–Crippen MR) is 64.8 cm³/mol. The molecule has 86 valence electrons. The van der Waals surface area contributed by atoms with Gasteiger partial charge in [-0.2, -0.15) is 0 Å². The number of halogens is 1. The molecule has 1 atom stereocenters. The van der Waals surface area contributed by atoms with Crippen molar-refractivity contribution in [3.63, 3.8) is 0 Å². The van der Waals surface area contributed by atoms with Crippen LogP contribution >= 0.6 is 15.9 Å². The first-order valence-corrected chi connectivity index (χ1v) is 6.18. The number of hydrogen-bond donors (Lipinski definition) is 1. The fourth-order valence-electron chi connectivity index (χ4n) is 1.92. The summed E-state index contributed by atoms with van der Waals surface area (Å²) in [5.74, 6) is 0.00678. The van der Waals surface area contributed by atoms with Crippen LogP contribution in [0.5, 0.6) is 0 Å². The van der Waals surface area contributed by atoms with Gasteiger partial charge in [0.15, 0.2) is 0 Å². The molecule has 0 bridgehead atoms. The maximum atomic E-state index is 11.9. The van der Waals surface area contributed by atoms with Crippen LogP contribution in [-0.2, 0) is 11.2 Å². The molecule has 1 amide bonds. The summed E-state index contributed by atoms with van der Waals surface area (Å²) in [7, 11) is 0. The lowest BCUT2D eigenvalue weighted by molar-refractivity contribution is -0.137. The number of amides is 1. The van der Waals surface area contributed by atoms with Crippen molar-refractivity contribution in [3.8, 4) is 0 Å². The van der Waals surface area contributed by atoms with Gasteiger partial charge in [0.05, 0.1) is 6.42 Å². The lowest BCUT2D eigenvalue weighted by Crippen LogP contribution is -2.36. The molecule has 1 N–H and O–H groups in total. The smallest absolute Gasteiger partial charge is 0.229 e. The SMILES string of the molecule is O=C(Cc1ccc(Br)cc1)N1CCCC1O. The van der Waals surface area contributed by atoms with Gasteiger partial charge in [-0.05, 0) is 30.5 Å². The third-order valence-electron chi connectivity index (χ3n) is 2.81. The lowest BCUT2D eigenvalue weighted by atomic mass is 10.1. The normalized spacial score (nSPS) is 20.1. The first kappa shape index (κ1) is 11.6. The standard InChI is InChI=1S/C12H14BrNO2/c13-10-5-3-9(4-6-10)8-12(16)14-7-1-2-11(14)15/h3-6,11,15H,1-2,7-8H2. The molecular formula is C12H14BrNO2. The van der Waals surface area contributed by atoms with Gasteiger partial charge < -0.3 is 10.0 Å². The molecular weight excluding hydrogens is 270 g/mol. The van der Waals surface area contributed by atoms with E-state index in [1.165, 1.54) is 0 Å². The monoisotopic (exact) mass is 283 g/mol. The second-order valence-electron chi connectivity index (χ2n) is 4.01. The Balaban J connectivity index is 1.99. The molecule has 1 unspecified atom stereocenters. The zero-order valence-electron chi connectivity index (χ0n) is 8.90. The summed E-state index contributed by atoms with van der Waals surface area (Å²) in [6.07, 6.45) is 1.38. The number of hydrogen-bond acceptors (Lipinski definition) is 2. The molecule has 4 heteroatoms. The Morgan fingerprint density at radius 3 is 2.69 bits per heavy atom. The zero-order chi connectivity index (χ0) is 11.5. The first-order chi connectivity index (χ1) is 7.66. The van der Waals surface area contributed by atoms with Crippen LogP contribution in [-0.4, -0.2) is 28.7 Å². The summed E-state index contributed by atoms with van der Waals surface area (Å²) in [6.45, 7) is 0.677. The number of nitrogens with zero attached hydrogens (tertiary/aromatic N) is 1. The molecule has 1 aliphatic rings. The second kappa shape index (κ2) is 4.97. The third kappa shape index (κ3) is 2.62. The number of carbonyl (C=O) groups is 1. The lowest BCUT2D eigenvalue weighted by Gasteiger charge is -2.20. The zero-order valence-corrected chi connectivity index (χ0v) is 10.5. The van der Waals surface area contributed by atoms with Crippen LogP contribution in [0.1, 0.15) is 18.4 Å². The molecule has 1 aromatic carbocycles. The highest BCUT2D eigenvalue weighted by molar-refractivity contribution is 9.10. The number of benzene rings is 1. The van der Waals surface area contributed by atoms with Crippen LogP contribution in [0.4, 0.5) is 0 Å². The minimum atomic E-state index is -0.581. The van der Waals surface area contributed by atoms with Crippen LogP contribution in [0.15, 0.2) is 28.7 Å². The molecule has 1 fully saturated rings. The van der Waals surface area contributed by atoms with Crippen molar-refractivity contribution >= 4 is 21.8 Å². The van der Waals surface area contributed by atoms with Crippen LogP contribution in [0.25, 0.3) is 0 Å². The maximum absolute atomic E-state index is 11.9. The number of likely N-dealkylation sites (tertiary alicyclic amines) is 1. The van der Waals surface area contributed by atoms with Crippen LogP contribution < -0.4 is 0 Å². The maximum Gasteiger partial charge on any atom is 0.229 e. The predicted octanol–water partition coefficient (Wildman–Crippen LogP) is 1.93. The molecule has 0 spiro atoms. The third-order valence-corrected chi connectivity index (χ3v) is 3.34. The van der Waals surface area contributed by atoms with E-state index in [0.717, 1.165) is 16.5 Å². The topological polar surface area (TPSA) is 40.5 Å². The van der Waals surface area contributed by atoms with E-state index in [1.54, 1.807) is 4.90 Å². The van der Waals surface area contributed by atoms with Gasteiger partial charge in [-0.3, -0.25) is 4.79 Å². The Hall–Kier alpha value is -0.870. The summed E-state index contributed by atoms with van der Waals surface area (Å²) in [5.41, 5.74) is 0.979. The van der Waals surface area contributed by atoms with Gasteiger partial charge in [0.1, 0.15) is 6.23 Å². The van der Waals surface area contributed by atoms with Crippen LogP contribution in [0, 0.1) is 0 Å². The van der Waals surface area contributed by atoms with Crippen molar-refractivity contribution in [3.05, 3.63) is 34.3 Å². The molecule has 3 nitrogen and oxygen atoms in total. The molecule has 1 saturated heterocycles. The largest absolute Gasteiger partial charge is 0.374 e. The molecule has 1 heterocycles. The fourth-order valence-corrected chi connectivity index (χ4v) is 2.18. The van der Waals surface area contributed by atoms with Crippen molar-refractivity contribution < 1.29 is 9.90 Å². The van der Waals surface area contributed by atoms with Crippen LogP contribution in [0.3, 0.4) is 0 Å². The molecule has 16 heavy (non-hydrogen) atoms. The molecule has 0 aromatic heterocycles. The minimum absolute atomic E-state index is 0.00678. The molecule has 0 radical (unpaired) electrons. The van der Waals surface area contributed by atoms with Crippen molar-refractivity contribution in [2.75, 3.05) is 6.54 Å². The van der Waals surface area contributed by atoms with E-state index in [1.807, 2.05) is 24.3 Å². The summed E-state index contributed by atoms with van der Waals surface area (Å²) < 4.78 is 1.00. The van der Waals surface area contributed by atoms with E-state index in [9.17, 15) is 9.90 Å². The van der Waals surface area contributed by atoms with E-state index in [2.05, 4.69) is 15.9 Å². The van der Waals surface area contributed by atoms with Gasteiger partial charge >= 0.3 is 0 Å². The average molecular weight is 284 g/mol. The highest BCUT2D eigenvalue weighted by atomic mass is 79.9. The Morgan fingerprint density at radius 2 is 2.12 bits per heavy atom. The Labute approximate surface area is 103 Å². The Bertz CT molecular complexity index is 377. The molecule has 0 saturated carbocycles. The Morgan fingerprint density at radius 1 is 1.44 bits per heavy atom. The van der Waals surface area contributed by atoms with Gasteiger partial charge in [0.25, 0.3) is 0 Å². The van der Waals surface area contributed by atoms with Gasteiger partial charge in [0.2, 0.25) is 5.91 Å². The summed E-state index contributed by atoms with van der Waals surface area (Å²) in [4.78, 5) is 13.4. The molecule has 1 aromatic rings. The number of aliphatic hydroxyl groups excluding tert-OH is 1. The highest BCUT2D eigenvalue weighted by Crippen LogP contribution is 2.17. The summed E-state index contributed by atoms with van der Waals surface area (Å²) in [5, 5.41) is 9.58.